The van der Waals surface area contributed by atoms with Crippen LogP contribution in [0.2, 0.25) is 0 Å². The Labute approximate surface area is 191 Å². The molecule has 0 spiro atoms. The Kier molecular flexibility index (Phi) is 4.16. The highest BCUT2D eigenvalue weighted by Crippen LogP contribution is 2.76. The highest BCUT2D eigenvalue weighted by atomic mass is 16.6. The van der Waals surface area contributed by atoms with Gasteiger partial charge in [-0.05, 0) is 130 Å². The van der Waals surface area contributed by atoms with E-state index < -0.39 is 0 Å². The Morgan fingerprint density at radius 3 is 2.25 bits per heavy atom. The molecule has 0 aromatic rings. The third kappa shape index (κ3) is 2.45. The van der Waals surface area contributed by atoms with Gasteiger partial charge < -0.3 is 9.47 Å². The lowest BCUT2D eigenvalue weighted by Crippen LogP contribution is -2.58. The maximum absolute atomic E-state index is 13.7. The molecule has 8 bridgehead atoms. The van der Waals surface area contributed by atoms with Gasteiger partial charge in [0.15, 0.2) is 0 Å². The summed E-state index contributed by atoms with van der Waals surface area (Å²) in [6.07, 6.45) is 16.5. The van der Waals surface area contributed by atoms with Crippen molar-refractivity contribution in [2.75, 3.05) is 7.11 Å². The summed E-state index contributed by atoms with van der Waals surface area (Å²) in [7, 11) is 1.46. The first kappa shape index (κ1) is 20.1. The van der Waals surface area contributed by atoms with Gasteiger partial charge in [-0.1, -0.05) is 6.08 Å². The molecular formula is C28H38O4. The fourth-order valence-electron chi connectivity index (χ4n) is 11.2. The van der Waals surface area contributed by atoms with Gasteiger partial charge in [0, 0.05) is 6.08 Å². The van der Waals surface area contributed by atoms with Gasteiger partial charge in [0.2, 0.25) is 0 Å². The molecule has 8 saturated carbocycles. The van der Waals surface area contributed by atoms with Crippen LogP contribution >= 0.6 is 0 Å². The van der Waals surface area contributed by atoms with Gasteiger partial charge in [-0.3, -0.25) is 4.79 Å². The van der Waals surface area contributed by atoms with E-state index >= 15 is 0 Å². The summed E-state index contributed by atoms with van der Waals surface area (Å²) in [5.74, 6) is 5.88. The first-order valence-corrected chi connectivity index (χ1v) is 13.4. The Bertz CT molecular complexity index is 847. The second kappa shape index (κ2) is 6.63. The molecule has 0 aromatic heterocycles. The van der Waals surface area contributed by atoms with Crippen LogP contribution in [0.5, 0.6) is 0 Å². The van der Waals surface area contributed by atoms with Crippen molar-refractivity contribution in [1.29, 1.82) is 0 Å². The monoisotopic (exact) mass is 438 g/mol. The van der Waals surface area contributed by atoms with Crippen LogP contribution in [0, 0.1) is 64.6 Å². The van der Waals surface area contributed by atoms with Gasteiger partial charge in [0.25, 0.3) is 0 Å². The highest BCUT2D eigenvalue weighted by Gasteiger charge is 2.71. The molecule has 7 atom stereocenters. The van der Waals surface area contributed by atoms with Crippen LogP contribution < -0.4 is 0 Å². The smallest absolute Gasteiger partial charge is 0.330 e. The zero-order chi connectivity index (χ0) is 21.8. The molecule has 0 heterocycles. The SMILES string of the molecule is COC(=O)C=CC12C3CCC(C3)C1C1CC2CC1C(=O)OC1(C)C2CC3CC(C2)CC1C3. The van der Waals surface area contributed by atoms with E-state index in [4.69, 9.17) is 9.47 Å². The number of rotatable bonds is 4. The molecule has 4 nitrogen and oxygen atoms in total. The molecule has 0 radical (unpaired) electrons. The third-order valence-electron chi connectivity index (χ3n) is 12.1. The summed E-state index contributed by atoms with van der Waals surface area (Å²) in [4.78, 5) is 25.7. The molecule has 0 saturated heterocycles. The molecule has 0 amide bonds. The molecule has 8 aliphatic rings. The van der Waals surface area contributed by atoms with Crippen LogP contribution in [0.3, 0.4) is 0 Å². The van der Waals surface area contributed by atoms with E-state index in [9.17, 15) is 9.59 Å². The maximum atomic E-state index is 13.7. The number of allylic oxidation sites excluding steroid dienone is 1. The van der Waals surface area contributed by atoms with Gasteiger partial charge in [-0.15, -0.1) is 0 Å². The summed E-state index contributed by atoms with van der Waals surface area (Å²) >= 11 is 0. The van der Waals surface area contributed by atoms with Crippen molar-refractivity contribution in [2.24, 2.45) is 64.6 Å². The van der Waals surface area contributed by atoms with Gasteiger partial charge in [-0.25, -0.2) is 4.79 Å². The number of carbonyl (C=O) groups excluding carboxylic acids is 2. The second-order valence-electron chi connectivity index (χ2n) is 13.0. The molecular weight excluding hydrogens is 400 g/mol. The van der Waals surface area contributed by atoms with Crippen molar-refractivity contribution in [2.45, 2.75) is 76.7 Å². The predicted molar refractivity (Wildman–Crippen MR) is 119 cm³/mol. The summed E-state index contributed by atoms with van der Waals surface area (Å²) in [6, 6.07) is 0. The van der Waals surface area contributed by atoms with Crippen molar-refractivity contribution >= 4 is 11.9 Å². The largest absolute Gasteiger partial charge is 0.466 e. The number of fused-ring (bicyclic) bond motifs is 9. The fraction of sp³-hybridized carbons (Fsp3) is 0.857. The van der Waals surface area contributed by atoms with Crippen molar-refractivity contribution in [3.05, 3.63) is 12.2 Å². The van der Waals surface area contributed by atoms with Crippen LogP contribution in [0.1, 0.15) is 71.1 Å². The van der Waals surface area contributed by atoms with Crippen molar-refractivity contribution in [3.8, 4) is 0 Å². The lowest BCUT2D eigenvalue weighted by atomic mass is 9.50. The number of hydrogen-bond donors (Lipinski definition) is 0. The van der Waals surface area contributed by atoms with E-state index in [-0.39, 0.29) is 28.9 Å². The lowest BCUT2D eigenvalue weighted by molar-refractivity contribution is -0.209. The van der Waals surface area contributed by atoms with Gasteiger partial charge >= 0.3 is 11.9 Å². The quantitative estimate of drug-likeness (QED) is 0.346. The Morgan fingerprint density at radius 1 is 0.844 bits per heavy atom. The van der Waals surface area contributed by atoms with E-state index in [2.05, 4.69) is 13.0 Å². The van der Waals surface area contributed by atoms with Crippen molar-refractivity contribution in [1.82, 2.24) is 0 Å². The minimum atomic E-state index is -0.241. The van der Waals surface area contributed by atoms with E-state index in [1.54, 1.807) is 6.08 Å². The topological polar surface area (TPSA) is 52.6 Å². The first-order chi connectivity index (χ1) is 15.4. The number of carbonyl (C=O) groups is 2. The molecule has 8 fully saturated rings. The average Bonchev–Trinajstić information content (AvgIpc) is 3.54. The number of ether oxygens (including phenoxy) is 2. The molecule has 0 aliphatic heterocycles. The summed E-state index contributed by atoms with van der Waals surface area (Å²) in [6.45, 7) is 2.28. The number of methoxy groups -OCH3 is 1. The van der Waals surface area contributed by atoms with Gasteiger partial charge in [0.05, 0.1) is 13.0 Å². The summed E-state index contributed by atoms with van der Waals surface area (Å²) in [5, 5.41) is 0. The van der Waals surface area contributed by atoms with Gasteiger partial charge in [0.1, 0.15) is 5.60 Å². The Balaban J connectivity index is 1.13. The minimum Gasteiger partial charge on any atom is -0.466 e. The first-order valence-electron chi connectivity index (χ1n) is 13.4. The van der Waals surface area contributed by atoms with E-state index in [1.165, 1.54) is 58.5 Å². The zero-order valence-electron chi connectivity index (χ0n) is 19.6. The average molecular weight is 439 g/mol. The number of esters is 2. The van der Waals surface area contributed by atoms with Crippen LogP contribution in [0.4, 0.5) is 0 Å². The second-order valence-corrected chi connectivity index (χ2v) is 13.0. The molecule has 8 aliphatic carbocycles. The number of hydrogen-bond acceptors (Lipinski definition) is 4. The van der Waals surface area contributed by atoms with Crippen molar-refractivity contribution < 1.29 is 19.1 Å². The van der Waals surface area contributed by atoms with Crippen LogP contribution in [-0.4, -0.2) is 24.6 Å². The third-order valence-corrected chi connectivity index (χ3v) is 12.1. The lowest BCUT2D eigenvalue weighted by Gasteiger charge is -2.59. The van der Waals surface area contributed by atoms with Crippen LogP contribution in [-0.2, 0) is 19.1 Å². The molecule has 4 heteroatoms. The normalized spacial score (nSPS) is 56.2. The van der Waals surface area contributed by atoms with Gasteiger partial charge in [-0.2, -0.15) is 0 Å². The molecule has 0 aromatic carbocycles. The van der Waals surface area contributed by atoms with Crippen LogP contribution in [0.15, 0.2) is 12.2 Å². The molecule has 7 unspecified atom stereocenters. The van der Waals surface area contributed by atoms with E-state index in [0.717, 1.165) is 30.6 Å². The van der Waals surface area contributed by atoms with Crippen molar-refractivity contribution in [3.63, 3.8) is 0 Å². The maximum Gasteiger partial charge on any atom is 0.330 e. The fourth-order valence-corrected chi connectivity index (χ4v) is 11.2. The Morgan fingerprint density at radius 2 is 1.56 bits per heavy atom. The Hall–Kier alpha value is -1.32. The zero-order valence-corrected chi connectivity index (χ0v) is 19.6. The van der Waals surface area contributed by atoms with E-state index in [1.807, 2.05) is 0 Å². The highest BCUT2D eigenvalue weighted by molar-refractivity contribution is 5.82. The minimum absolute atomic E-state index is 0.0815. The molecule has 8 rings (SSSR count). The summed E-state index contributed by atoms with van der Waals surface area (Å²) in [5.41, 5.74) is -0.0893. The predicted octanol–water partition coefficient (Wildman–Crippen LogP) is 5.16. The molecule has 0 N–H and O–H groups in total. The standard InChI is InChI=1S/C28H38O4/c1-27(19-8-15-7-16(10-19)11-20(27)9-15)32-26(30)23-14-21-13-22(23)25-17-3-4-18(12-17)28(21,25)6-5-24(29)31-2/h5-6,15-23,25H,3-4,7-14H2,1-2H3. The summed E-state index contributed by atoms with van der Waals surface area (Å²) < 4.78 is 11.5. The molecule has 32 heavy (non-hydrogen) atoms. The molecule has 174 valence electrons. The van der Waals surface area contributed by atoms with E-state index in [0.29, 0.717) is 35.5 Å². The van der Waals surface area contributed by atoms with Crippen LogP contribution in [0.25, 0.3) is 0 Å².